The average molecular weight is 414 g/mol. The summed E-state index contributed by atoms with van der Waals surface area (Å²) in [6, 6.07) is 5.59. The van der Waals surface area contributed by atoms with Crippen LogP contribution in [0.5, 0.6) is 5.75 Å². The molecule has 0 aromatic heterocycles. The molecule has 1 aliphatic heterocycles. The van der Waals surface area contributed by atoms with Crippen molar-refractivity contribution in [1.82, 2.24) is 10.2 Å². The molecule has 2 amide bonds. The van der Waals surface area contributed by atoms with Crippen LogP contribution in [-0.4, -0.2) is 55.2 Å². The highest BCUT2D eigenvalue weighted by molar-refractivity contribution is 6.12. The standard InChI is InChI=1S/C19H21F3N2O5/c1-5-10-24-11(2)14(16(26)29-4)18(17(24)27,19(20,21)22)23-15(25)12-8-6-7-9-13(12)28-3/h6-9H,5,10H2,1-4H3,(H,23,25). The van der Waals surface area contributed by atoms with Crippen LogP contribution in [0.2, 0.25) is 0 Å². The highest BCUT2D eigenvalue weighted by atomic mass is 19.4. The Bertz CT molecular complexity index is 866. The van der Waals surface area contributed by atoms with Gasteiger partial charge < -0.3 is 19.7 Å². The number of halogens is 3. The van der Waals surface area contributed by atoms with Crippen molar-refractivity contribution in [2.45, 2.75) is 32.0 Å². The topological polar surface area (TPSA) is 84.9 Å². The summed E-state index contributed by atoms with van der Waals surface area (Å²) < 4.78 is 52.5. The lowest BCUT2D eigenvalue weighted by atomic mass is 9.88. The smallest absolute Gasteiger partial charge is 0.425 e. The van der Waals surface area contributed by atoms with Crippen LogP contribution in [0.3, 0.4) is 0 Å². The Morgan fingerprint density at radius 1 is 1.21 bits per heavy atom. The molecule has 0 fully saturated rings. The molecule has 1 aromatic carbocycles. The first kappa shape index (κ1) is 22.3. The first-order valence-corrected chi connectivity index (χ1v) is 8.70. The molecule has 1 heterocycles. The summed E-state index contributed by atoms with van der Waals surface area (Å²) in [5.74, 6) is -4.03. The van der Waals surface area contributed by atoms with Gasteiger partial charge in [-0.3, -0.25) is 9.59 Å². The molecule has 10 heteroatoms. The molecule has 1 N–H and O–H groups in total. The van der Waals surface area contributed by atoms with Crippen molar-refractivity contribution in [1.29, 1.82) is 0 Å². The number of para-hydroxylation sites is 1. The number of rotatable bonds is 6. The summed E-state index contributed by atoms with van der Waals surface area (Å²) in [6.07, 6.45) is -4.97. The van der Waals surface area contributed by atoms with Crippen molar-refractivity contribution >= 4 is 17.8 Å². The Balaban J connectivity index is 2.69. The SMILES string of the molecule is CCCN1C(=O)C(NC(=O)c2ccccc2OC)(C(F)(F)F)C(C(=O)OC)=C1C. The molecule has 29 heavy (non-hydrogen) atoms. The van der Waals surface area contributed by atoms with Gasteiger partial charge in [0, 0.05) is 12.2 Å². The number of hydrogen-bond acceptors (Lipinski definition) is 5. The van der Waals surface area contributed by atoms with Crippen LogP contribution in [0.4, 0.5) is 13.2 Å². The Hall–Kier alpha value is -3.04. The lowest BCUT2D eigenvalue weighted by Crippen LogP contribution is -2.66. The maximum atomic E-state index is 14.3. The number of esters is 1. The summed E-state index contributed by atoms with van der Waals surface area (Å²) in [5, 5.41) is 1.76. The van der Waals surface area contributed by atoms with Crippen molar-refractivity contribution in [3.05, 3.63) is 41.1 Å². The lowest BCUT2D eigenvalue weighted by molar-refractivity contribution is -0.192. The third-order valence-corrected chi connectivity index (χ3v) is 4.62. The number of ether oxygens (including phenoxy) is 2. The molecule has 0 bridgehead atoms. The van der Waals surface area contributed by atoms with E-state index >= 15 is 0 Å². The quantitative estimate of drug-likeness (QED) is 0.723. The third-order valence-electron chi connectivity index (χ3n) is 4.62. The molecule has 1 aromatic rings. The molecule has 0 saturated heterocycles. The molecule has 1 atom stereocenters. The second-order valence-corrected chi connectivity index (χ2v) is 6.31. The molecule has 158 valence electrons. The number of nitrogens with one attached hydrogen (secondary N) is 1. The van der Waals surface area contributed by atoms with Crippen LogP contribution in [-0.2, 0) is 14.3 Å². The number of alkyl halides is 3. The Labute approximate surface area is 165 Å². The van der Waals surface area contributed by atoms with E-state index in [-0.39, 0.29) is 23.6 Å². The van der Waals surface area contributed by atoms with E-state index in [0.29, 0.717) is 6.42 Å². The number of amides is 2. The zero-order chi connectivity index (χ0) is 22.0. The molecule has 1 aliphatic rings. The monoisotopic (exact) mass is 414 g/mol. The maximum absolute atomic E-state index is 14.3. The van der Waals surface area contributed by atoms with E-state index in [1.54, 1.807) is 12.2 Å². The minimum Gasteiger partial charge on any atom is -0.496 e. The molecule has 0 saturated carbocycles. The summed E-state index contributed by atoms with van der Waals surface area (Å²) in [6.45, 7) is 2.81. The van der Waals surface area contributed by atoms with Crippen LogP contribution in [0.25, 0.3) is 0 Å². The Kier molecular flexibility index (Phi) is 6.24. The van der Waals surface area contributed by atoms with Crippen molar-refractivity contribution in [3.63, 3.8) is 0 Å². The Morgan fingerprint density at radius 2 is 1.83 bits per heavy atom. The molecular formula is C19H21F3N2O5. The van der Waals surface area contributed by atoms with Gasteiger partial charge in [0.25, 0.3) is 17.4 Å². The van der Waals surface area contributed by atoms with Gasteiger partial charge in [-0.1, -0.05) is 19.1 Å². The first-order valence-electron chi connectivity index (χ1n) is 8.70. The summed E-state index contributed by atoms with van der Waals surface area (Å²) in [5.41, 5.74) is -4.98. The molecule has 0 aliphatic carbocycles. The van der Waals surface area contributed by atoms with Crippen LogP contribution < -0.4 is 10.1 Å². The predicted molar refractivity (Wildman–Crippen MR) is 96.0 cm³/mol. The van der Waals surface area contributed by atoms with Crippen molar-refractivity contribution in [3.8, 4) is 5.75 Å². The van der Waals surface area contributed by atoms with E-state index in [2.05, 4.69) is 4.74 Å². The van der Waals surface area contributed by atoms with Gasteiger partial charge in [0.1, 0.15) is 11.3 Å². The van der Waals surface area contributed by atoms with Gasteiger partial charge in [0.2, 0.25) is 0 Å². The normalized spacial score (nSPS) is 19.4. The first-order chi connectivity index (χ1) is 13.6. The Morgan fingerprint density at radius 3 is 2.34 bits per heavy atom. The van der Waals surface area contributed by atoms with Gasteiger partial charge in [-0.2, -0.15) is 13.2 Å². The summed E-state index contributed by atoms with van der Waals surface area (Å²) in [4.78, 5) is 38.8. The number of benzene rings is 1. The molecule has 0 radical (unpaired) electrons. The second kappa shape index (κ2) is 8.14. The maximum Gasteiger partial charge on any atom is 0.425 e. The van der Waals surface area contributed by atoms with Gasteiger partial charge in [-0.05, 0) is 25.5 Å². The highest BCUT2D eigenvalue weighted by Gasteiger charge is 2.70. The highest BCUT2D eigenvalue weighted by Crippen LogP contribution is 2.45. The fourth-order valence-corrected chi connectivity index (χ4v) is 3.28. The molecule has 7 nitrogen and oxygen atoms in total. The van der Waals surface area contributed by atoms with Crippen molar-refractivity contribution in [2.24, 2.45) is 0 Å². The zero-order valence-electron chi connectivity index (χ0n) is 16.3. The van der Waals surface area contributed by atoms with Gasteiger partial charge >= 0.3 is 12.1 Å². The number of carbonyl (C=O) groups excluding carboxylic acids is 3. The van der Waals surface area contributed by atoms with E-state index in [9.17, 15) is 27.6 Å². The predicted octanol–water partition coefficient (Wildman–Crippen LogP) is 2.43. The van der Waals surface area contributed by atoms with Crippen LogP contribution in [0.15, 0.2) is 35.5 Å². The summed E-state index contributed by atoms with van der Waals surface area (Å²) >= 11 is 0. The molecule has 2 rings (SSSR count). The van der Waals surface area contributed by atoms with Crippen LogP contribution in [0.1, 0.15) is 30.6 Å². The number of nitrogens with zero attached hydrogens (tertiary/aromatic N) is 1. The van der Waals surface area contributed by atoms with Crippen LogP contribution >= 0.6 is 0 Å². The molecule has 1 unspecified atom stereocenters. The second-order valence-electron chi connectivity index (χ2n) is 6.31. The number of allylic oxidation sites excluding steroid dienone is 1. The van der Waals surface area contributed by atoms with Crippen molar-refractivity contribution < 1.29 is 37.0 Å². The zero-order valence-corrected chi connectivity index (χ0v) is 16.3. The van der Waals surface area contributed by atoms with E-state index in [1.807, 2.05) is 0 Å². The average Bonchev–Trinajstić information content (AvgIpc) is 2.89. The minimum absolute atomic E-state index is 0.0125. The van der Waals surface area contributed by atoms with Crippen LogP contribution in [0, 0.1) is 0 Å². The fraction of sp³-hybridized carbons (Fsp3) is 0.421. The number of carbonyl (C=O) groups is 3. The lowest BCUT2D eigenvalue weighted by Gasteiger charge is -2.33. The van der Waals surface area contributed by atoms with Gasteiger partial charge in [0.05, 0.1) is 19.8 Å². The molecular weight excluding hydrogens is 393 g/mol. The molecule has 0 spiro atoms. The largest absolute Gasteiger partial charge is 0.496 e. The number of hydrogen-bond donors (Lipinski definition) is 1. The summed E-state index contributed by atoms with van der Waals surface area (Å²) in [7, 11) is 2.15. The van der Waals surface area contributed by atoms with Gasteiger partial charge in [-0.15, -0.1) is 0 Å². The fourth-order valence-electron chi connectivity index (χ4n) is 3.28. The van der Waals surface area contributed by atoms with Gasteiger partial charge in [-0.25, -0.2) is 4.79 Å². The minimum atomic E-state index is -5.31. The van der Waals surface area contributed by atoms with Gasteiger partial charge in [0.15, 0.2) is 0 Å². The van der Waals surface area contributed by atoms with E-state index in [0.717, 1.165) is 12.0 Å². The van der Waals surface area contributed by atoms with E-state index < -0.39 is 35.1 Å². The van der Waals surface area contributed by atoms with Crippen molar-refractivity contribution in [2.75, 3.05) is 20.8 Å². The number of methoxy groups -OCH3 is 2. The van der Waals surface area contributed by atoms with E-state index in [4.69, 9.17) is 4.74 Å². The third kappa shape index (κ3) is 3.54. The van der Waals surface area contributed by atoms with E-state index in [1.165, 1.54) is 38.3 Å².